The fraction of sp³-hybridized carbons (Fsp3) is 0.647. The summed E-state index contributed by atoms with van der Waals surface area (Å²) >= 11 is 1.88. The van der Waals surface area contributed by atoms with Gasteiger partial charge >= 0.3 is 0 Å². The number of nitrogens with zero attached hydrogens (tertiary/aromatic N) is 2. The van der Waals surface area contributed by atoms with Crippen molar-refractivity contribution in [3.8, 4) is 0 Å². The summed E-state index contributed by atoms with van der Waals surface area (Å²) in [6, 6.07) is 6.58. The van der Waals surface area contributed by atoms with Gasteiger partial charge in [-0.25, -0.2) is 0 Å². The zero-order chi connectivity index (χ0) is 15.8. The molecule has 120 valence electrons. The Morgan fingerprint density at radius 2 is 1.90 bits per heavy atom. The standard InChI is InChI=1S/C17H31N3S/c1-6-21-17-9-7-8-16(15(17)12-18)20(13-14(2)3)11-10-19(4)5/h7-9,14H,6,10-13,18H2,1-5H3. The second-order valence-electron chi connectivity index (χ2n) is 6.03. The van der Waals surface area contributed by atoms with Gasteiger partial charge in [0.25, 0.3) is 0 Å². The molecule has 0 aliphatic rings. The number of nitrogens with two attached hydrogens (primary N) is 1. The number of rotatable bonds is 9. The minimum atomic E-state index is 0.606. The molecule has 0 amide bonds. The molecule has 0 aliphatic carbocycles. The van der Waals surface area contributed by atoms with Crippen LogP contribution in [-0.2, 0) is 6.54 Å². The van der Waals surface area contributed by atoms with Gasteiger partial charge in [-0.3, -0.25) is 0 Å². The highest BCUT2D eigenvalue weighted by Crippen LogP contribution is 2.31. The van der Waals surface area contributed by atoms with Gasteiger partial charge in [0, 0.05) is 42.3 Å². The fourth-order valence-corrected chi connectivity index (χ4v) is 3.27. The SMILES string of the molecule is CCSc1cccc(N(CCN(C)C)CC(C)C)c1CN. The van der Waals surface area contributed by atoms with Crippen LogP contribution in [0.1, 0.15) is 26.3 Å². The van der Waals surface area contributed by atoms with Crippen LogP contribution in [0.2, 0.25) is 0 Å². The van der Waals surface area contributed by atoms with E-state index in [0.717, 1.165) is 25.4 Å². The predicted molar refractivity (Wildman–Crippen MR) is 96.3 cm³/mol. The van der Waals surface area contributed by atoms with Crippen LogP contribution in [0.3, 0.4) is 0 Å². The van der Waals surface area contributed by atoms with Crippen molar-refractivity contribution in [2.75, 3.05) is 44.4 Å². The first-order valence-corrected chi connectivity index (χ1v) is 8.82. The van der Waals surface area contributed by atoms with Crippen molar-refractivity contribution in [2.24, 2.45) is 11.7 Å². The predicted octanol–water partition coefficient (Wildman–Crippen LogP) is 3.28. The third kappa shape index (κ3) is 5.89. The second kappa shape index (κ2) is 9.34. The molecule has 1 aromatic rings. The molecule has 0 heterocycles. The minimum absolute atomic E-state index is 0.606. The molecule has 0 aliphatic heterocycles. The summed E-state index contributed by atoms with van der Waals surface area (Å²) in [4.78, 5) is 6.06. The first-order chi connectivity index (χ1) is 9.99. The molecule has 0 spiro atoms. The summed E-state index contributed by atoms with van der Waals surface area (Å²) in [5.41, 5.74) is 8.66. The molecular formula is C17H31N3S. The summed E-state index contributed by atoms with van der Waals surface area (Å²) in [7, 11) is 4.25. The van der Waals surface area contributed by atoms with Gasteiger partial charge in [-0.15, -0.1) is 11.8 Å². The highest BCUT2D eigenvalue weighted by atomic mass is 32.2. The monoisotopic (exact) mass is 309 g/mol. The molecular weight excluding hydrogens is 278 g/mol. The topological polar surface area (TPSA) is 32.5 Å². The largest absolute Gasteiger partial charge is 0.370 e. The van der Waals surface area contributed by atoms with Crippen molar-refractivity contribution in [3.63, 3.8) is 0 Å². The van der Waals surface area contributed by atoms with Gasteiger partial charge in [0.1, 0.15) is 0 Å². The van der Waals surface area contributed by atoms with Crippen LogP contribution in [0.4, 0.5) is 5.69 Å². The van der Waals surface area contributed by atoms with Gasteiger partial charge in [0.2, 0.25) is 0 Å². The first-order valence-electron chi connectivity index (χ1n) is 7.84. The average Bonchev–Trinajstić information content (AvgIpc) is 2.43. The van der Waals surface area contributed by atoms with Crippen molar-refractivity contribution >= 4 is 17.4 Å². The molecule has 1 aromatic carbocycles. The summed E-state index contributed by atoms with van der Waals surface area (Å²) in [5, 5.41) is 0. The van der Waals surface area contributed by atoms with E-state index in [0.29, 0.717) is 12.5 Å². The zero-order valence-corrected chi connectivity index (χ0v) is 15.0. The van der Waals surface area contributed by atoms with Gasteiger partial charge in [0.05, 0.1) is 0 Å². The molecule has 4 heteroatoms. The van der Waals surface area contributed by atoms with Crippen LogP contribution in [-0.4, -0.2) is 44.4 Å². The van der Waals surface area contributed by atoms with E-state index in [1.165, 1.54) is 16.1 Å². The van der Waals surface area contributed by atoms with Gasteiger partial charge in [-0.05, 0) is 37.9 Å². The zero-order valence-electron chi connectivity index (χ0n) is 14.2. The Labute approximate surface area is 134 Å². The minimum Gasteiger partial charge on any atom is -0.370 e. The Hall–Kier alpha value is -0.710. The molecule has 3 nitrogen and oxygen atoms in total. The van der Waals surface area contributed by atoms with Crippen molar-refractivity contribution in [3.05, 3.63) is 23.8 Å². The number of benzene rings is 1. The maximum atomic E-state index is 6.06. The quantitative estimate of drug-likeness (QED) is 0.710. The third-order valence-electron chi connectivity index (χ3n) is 3.36. The van der Waals surface area contributed by atoms with Gasteiger partial charge < -0.3 is 15.5 Å². The van der Waals surface area contributed by atoms with Gasteiger partial charge in [-0.2, -0.15) is 0 Å². The van der Waals surface area contributed by atoms with E-state index >= 15 is 0 Å². The summed E-state index contributed by atoms with van der Waals surface area (Å²) in [5.74, 6) is 1.72. The summed E-state index contributed by atoms with van der Waals surface area (Å²) in [6.45, 7) is 10.5. The Kier molecular flexibility index (Phi) is 8.15. The summed E-state index contributed by atoms with van der Waals surface area (Å²) < 4.78 is 0. The van der Waals surface area contributed by atoms with Crippen molar-refractivity contribution < 1.29 is 0 Å². The van der Waals surface area contributed by atoms with Crippen LogP contribution >= 0.6 is 11.8 Å². The van der Waals surface area contributed by atoms with E-state index in [1.807, 2.05) is 11.8 Å². The molecule has 0 fully saturated rings. The molecule has 0 saturated heterocycles. The fourth-order valence-electron chi connectivity index (χ4n) is 2.42. The lowest BCUT2D eigenvalue weighted by Crippen LogP contribution is -2.35. The number of thioether (sulfide) groups is 1. The second-order valence-corrected chi connectivity index (χ2v) is 7.34. The van der Waals surface area contributed by atoms with Gasteiger partial charge in [0.15, 0.2) is 0 Å². The molecule has 0 unspecified atom stereocenters. The van der Waals surface area contributed by atoms with E-state index in [9.17, 15) is 0 Å². The first kappa shape index (κ1) is 18.3. The van der Waals surface area contributed by atoms with Crippen LogP contribution < -0.4 is 10.6 Å². The molecule has 0 aromatic heterocycles. The molecule has 0 saturated carbocycles. The number of hydrogen-bond donors (Lipinski definition) is 1. The lowest BCUT2D eigenvalue weighted by Gasteiger charge is -2.30. The van der Waals surface area contributed by atoms with E-state index in [1.54, 1.807) is 0 Å². The average molecular weight is 310 g/mol. The molecule has 21 heavy (non-hydrogen) atoms. The number of anilines is 1. The van der Waals surface area contributed by atoms with Crippen LogP contribution in [0.5, 0.6) is 0 Å². The number of likely N-dealkylation sites (N-methyl/N-ethyl adjacent to an activating group) is 1. The molecule has 2 N–H and O–H groups in total. The normalized spacial score (nSPS) is 11.4. The van der Waals surface area contributed by atoms with Gasteiger partial charge in [-0.1, -0.05) is 26.8 Å². The summed E-state index contributed by atoms with van der Waals surface area (Å²) in [6.07, 6.45) is 0. The molecule has 1 rings (SSSR count). The Morgan fingerprint density at radius 1 is 1.19 bits per heavy atom. The maximum absolute atomic E-state index is 6.06. The van der Waals surface area contributed by atoms with E-state index in [4.69, 9.17) is 5.73 Å². The molecule has 0 radical (unpaired) electrons. The number of hydrogen-bond acceptors (Lipinski definition) is 4. The Balaban J connectivity index is 3.06. The van der Waals surface area contributed by atoms with Crippen molar-refractivity contribution in [1.82, 2.24) is 4.90 Å². The molecule has 0 atom stereocenters. The van der Waals surface area contributed by atoms with E-state index < -0.39 is 0 Å². The lowest BCUT2D eigenvalue weighted by molar-refractivity contribution is 0.409. The highest BCUT2D eigenvalue weighted by Gasteiger charge is 2.15. The Morgan fingerprint density at radius 3 is 2.43 bits per heavy atom. The Bertz CT molecular complexity index is 418. The van der Waals surface area contributed by atoms with Crippen LogP contribution in [0.15, 0.2) is 23.1 Å². The van der Waals surface area contributed by atoms with Crippen molar-refractivity contribution in [1.29, 1.82) is 0 Å². The van der Waals surface area contributed by atoms with Crippen LogP contribution in [0, 0.1) is 5.92 Å². The van der Waals surface area contributed by atoms with Crippen molar-refractivity contribution in [2.45, 2.75) is 32.2 Å². The third-order valence-corrected chi connectivity index (χ3v) is 4.34. The van der Waals surface area contributed by atoms with E-state index in [2.05, 4.69) is 62.9 Å². The maximum Gasteiger partial charge on any atom is 0.0423 e. The van der Waals surface area contributed by atoms with Crippen LogP contribution in [0.25, 0.3) is 0 Å². The van der Waals surface area contributed by atoms with E-state index in [-0.39, 0.29) is 0 Å². The highest BCUT2D eigenvalue weighted by molar-refractivity contribution is 7.99. The molecule has 0 bridgehead atoms. The smallest absolute Gasteiger partial charge is 0.0423 e. The lowest BCUT2D eigenvalue weighted by atomic mass is 10.1.